The molecule has 1 aliphatic rings. The first-order valence-electron chi connectivity index (χ1n) is 13.8. The molecule has 204 valence electrons. The van der Waals surface area contributed by atoms with Gasteiger partial charge in [0.25, 0.3) is 5.91 Å². The SMILES string of the molecule is O=C(Nc1ccc2nc(C3CCNCC3)[nH]c2c1)c1cc(-c2ccccc2)nc2c1cnn2Cc1cccc(F)c1. The molecular formula is C32H28FN7O. The summed E-state index contributed by atoms with van der Waals surface area (Å²) in [7, 11) is 0. The second-order valence-electron chi connectivity index (χ2n) is 10.4. The molecule has 9 heteroatoms. The van der Waals surface area contributed by atoms with Gasteiger partial charge in [-0.15, -0.1) is 0 Å². The molecule has 0 bridgehead atoms. The minimum Gasteiger partial charge on any atom is -0.342 e. The van der Waals surface area contributed by atoms with Gasteiger partial charge in [-0.25, -0.2) is 19.0 Å². The number of imidazole rings is 1. The largest absolute Gasteiger partial charge is 0.342 e. The number of nitrogens with one attached hydrogen (secondary N) is 3. The quantitative estimate of drug-likeness (QED) is 0.243. The molecule has 0 unspecified atom stereocenters. The van der Waals surface area contributed by atoms with E-state index in [0.717, 1.165) is 53.9 Å². The fourth-order valence-electron chi connectivity index (χ4n) is 5.51. The fraction of sp³-hybridized carbons (Fsp3) is 0.188. The number of pyridine rings is 1. The van der Waals surface area contributed by atoms with E-state index in [1.807, 2.05) is 54.6 Å². The van der Waals surface area contributed by atoms with Crippen molar-refractivity contribution in [1.29, 1.82) is 0 Å². The third-order valence-corrected chi connectivity index (χ3v) is 7.63. The number of carbonyl (C=O) groups is 1. The highest BCUT2D eigenvalue weighted by molar-refractivity contribution is 6.13. The van der Waals surface area contributed by atoms with E-state index in [2.05, 4.69) is 20.7 Å². The van der Waals surface area contributed by atoms with Gasteiger partial charge in [0.05, 0.1) is 40.4 Å². The number of carbonyl (C=O) groups excluding carboxylic acids is 1. The maximum Gasteiger partial charge on any atom is 0.256 e. The minimum atomic E-state index is -0.311. The van der Waals surface area contributed by atoms with Gasteiger partial charge in [-0.1, -0.05) is 42.5 Å². The summed E-state index contributed by atoms with van der Waals surface area (Å²) in [5.74, 6) is 0.831. The number of fused-ring (bicyclic) bond motifs is 2. The van der Waals surface area contributed by atoms with Crippen LogP contribution in [0.2, 0.25) is 0 Å². The first-order valence-corrected chi connectivity index (χ1v) is 13.8. The Labute approximate surface area is 235 Å². The molecule has 0 radical (unpaired) electrons. The first kappa shape index (κ1) is 25.1. The van der Waals surface area contributed by atoms with Crippen LogP contribution in [-0.2, 0) is 6.54 Å². The van der Waals surface area contributed by atoms with Gasteiger partial charge in [0.2, 0.25) is 0 Å². The van der Waals surface area contributed by atoms with Crippen molar-refractivity contribution < 1.29 is 9.18 Å². The third-order valence-electron chi connectivity index (χ3n) is 7.63. The van der Waals surface area contributed by atoms with Crippen LogP contribution in [-0.4, -0.2) is 43.7 Å². The van der Waals surface area contributed by atoms with Crippen molar-refractivity contribution in [2.24, 2.45) is 0 Å². The molecule has 7 rings (SSSR count). The van der Waals surface area contributed by atoms with E-state index in [1.165, 1.54) is 12.1 Å². The van der Waals surface area contributed by atoms with Crippen molar-refractivity contribution >= 4 is 33.7 Å². The van der Waals surface area contributed by atoms with Gasteiger partial charge in [-0.2, -0.15) is 5.10 Å². The topological polar surface area (TPSA) is 101 Å². The lowest BCUT2D eigenvalue weighted by Crippen LogP contribution is -2.27. The fourth-order valence-corrected chi connectivity index (χ4v) is 5.51. The van der Waals surface area contributed by atoms with E-state index in [4.69, 9.17) is 9.97 Å². The number of hydrogen-bond acceptors (Lipinski definition) is 5. The van der Waals surface area contributed by atoms with Crippen LogP contribution in [0.25, 0.3) is 33.3 Å². The van der Waals surface area contributed by atoms with E-state index in [0.29, 0.717) is 40.4 Å². The lowest BCUT2D eigenvalue weighted by Gasteiger charge is -2.20. The zero-order valence-corrected chi connectivity index (χ0v) is 22.3. The van der Waals surface area contributed by atoms with E-state index in [1.54, 1.807) is 23.0 Å². The number of H-pyrrole nitrogens is 1. The Morgan fingerprint density at radius 2 is 1.83 bits per heavy atom. The molecule has 6 aromatic rings. The predicted octanol–water partition coefficient (Wildman–Crippen LogP) is 5.88. The zero-order valence-electron chi connectivity index (χ0n) is 22.3. The number of anilines is 1. The number of nitrogens with zero attached hydrogens (tertiary/aromatic N) is 4. The average molecular weight is 546 g/mol. The molecule has 1 aliphatic heterocycles. The van der Waals surface area contributed by atoms with E-state index >= 15 is 0 Å². The van der Waals surface area contributed by atoms with Crippen LogP contribution in [0.4, 0.5) is 10.1 Å². The maximum atomic E-state index is 13.9. The van der Waals surface area contributed by atoms with Crippen LogP contribution in [0, 0.1) is 5.82 Å². The number of aromatic nitrogens is 5. The first-order chi connectivity index (χ1) is 20.1. The monoisotopic (exact) mass is 545 g/mol. The highest BCUT2D eigenvalue weighted by atomic mass is 19.1. The molecule has 1 amide bonds. The number of halogens is 1. The van der Waals surface area contributed by atoms with Gasteiger partial charge >= 0.3 is 0 Å². The Morgan fingerprint density at radius 3 is 2.66 bits per heavy atom. The number of rotatable bonds is 6. The predicted molar refractivity (Wildman–Crippen MR) is 157 cm³/mol. The van der Waals surface area contributed by atoms with Gasteiger partial charge in [-0.3, -0.25) is 4.79 Å². The van der Waals surface area contributed by atoms with Crippen molar-refractivity contribution in [2.45, 2.75) is 25.3 Å². The summed E-state index contributed by atoms with van der Waals surface area (Å²) in [6.07, 6.45) is 3.75. The Balaban J connectivity index is 1.24. The summed E-state index contributed by atoms with van der Waals surface area (Å²) in [4.78, 5) is 26.9. The van der Waals surface area contributed by atoms with Crippen LogP contribution < -0.4 is 10.6 Å². The molecule has 3 aromatic heterocycles. The molecular weight excluding hydrogens is 517 g/mol. The summed E-state index contributed by atoms with van der Waals surface area (Å²) < 4.78 is 15.6. The van der Waals surface area contributed by atoms with Gasteiger partial charge in [0, 0.05) is 17.2 Å². The Hall–Kier alpha value is -4.89. The Bertz CT molecular complexity index is 1870. The second-order valence-corrected chi connectivity index (χ2v) is 10.4. The molecule has 0 spiro atoms. The normalized spacial score (nSPS) is 14.1. The van der Waals surface area contributed by atoms with E-state index in [9.17, 15) is 9.18 Å². The summed E-state index contributed by atoms with van der Waals surface area (Å²) in [5, 5.41) is 11.6. The van der Waals surface area contributed by atoms with Gasteiger partial charge in [0.15, 0.2) is 5.65 Å². The maximum absolute atomic E-state index is 13.9. The van der Waals surface area contributed by atoms with Crippen molar-refractivity contribution in [3.05, 3.63) is 108 Å². The van der Waals surface area contributed by atoms with Gasteiger partial charge in [-0.05, 0) is 67.9 Å². The van der Waals surface area contributed by atoms with Crippen molar-refractivity contribution in [2.75, 3.05) is 18.4 Å². The average Bonchev–Trinajstić information content (AvgIpc) is 3.61. The minimum absolute atomic E-state index is 0.266. The Morgan fingerprint density at radius 1 is 0.976 bits per heavy atom. The van der Waals surface area contributed by atoms with Crippen molar-refractivity contribution in [1.82, 2.24) is 30.0 Å². The van der Waals surface area contributed by atoms with Crippen LogP contribution in [0.1, 0.15) is 40.5 Å². The lowest BCUT2D eigenvalue weighted by atomic mass is 9.98. The smallest absolute Gasteiger partial charge is 0.256 e. The molecule has 0 atom stereocenters. The van der Waals surface area contributed by atoms with Crippen LogP contribution >= 0.6 is 0 Å². The van der Waals surface area contributed by atoms with Crippen LogP contribution in [0.15, 0.2) is 85.1 Å². The summed E-state index contributed by atoms with van der Waals surface area (Å²) in [6.45, 7) is 2.31. The standard InChI is InChI=1S/C32H28FN7O/c33-23-8-4-5-20(15-23)19-40-31-26(18-35-40)25(17-28(39-31)21-6-2-1-3-7-21)32(41)36-24-9-10-27-29(16-24)38-30(37-27)22-11-13-34-14-12-22/h1-10,15-18,22,34H,11-14,19H2,(H,36,41)(H,37,38). The lowest BCUT2D eigenvalue weighted by molar-refractivity contribution is 0.102. The number of amides is 1. The van der Waals surface area contributed by atoms with Gasteiger partial charge in [0.1, 0.15) is 11.6 Å². The molecule has 4 heterocycles. The van der Waals surface area contributed by atoms with Gasteiger partial charge < -0.3 is 15.6 Å². The highest BCUT2D eigenvalue weighted by Crippen LogP contribution is 2.28. The molecule has 0 aliphatic carbocycles. The third kappa shape index (κ3) is 5.07. The number of aromatic amines is 1. The van der Waals surface area contributed by atoms with E-state index < -0.39 is 0 Å². The summed E-state index contributed by atoms with van der Waals surface area (Å²) in [6, 6.07) is 23.6. The number of benzene rings is 3. The van der Waals surface area contributed by atoms with Crippen LogP contribution in [0.3, 0.4) is 0 Å². The van der Waals surface area contributed by atoms with Crippen molar-refractivity contribution in [3.8, 4) is 11.3 Å². The summed E-state index contributed by atoms with van der Waals surface area (Å²) >= 11 is 0. The zero-order chi connectivity index (χ0) is 27.8. The molecule has 41 heavy (non-hydrogen) atoms. The second kappa shape index (κ2) is 10.6. The van der Waals surface area contributed by atoms with Crippen molar-refractivity contribution in [3.63, 3.8) is 0 Å². The number of piperidine rings is 1. The molecule has 3 aromatic carbocycles. The molecule has 1 fully saturated rings. The molecule has 1 saturated heterocycles. The van der Waals surface area contributed by atoms with E-state index in [-0.39, 0.29) is 11.7 Å². The highest BCUT2D eigenvalue weighted by Gasteiger charge is 2.20. The number of hydrogen-bond donors (Lipinski definition) is 3. The molecule has 0 saturated carbocycles. The summed E-state index contributed by atoms with van der Waals surface area (Å²) in [5.41, 5.74) is 5.74. The molecule has 3 N–H and O–H groups in total. The van der Waals surface area contributed by atoms with Crippen LogP contribution in [0.5, 0.6) is 0 Å². The molecule has 8 nitrogen and oxygen atoms in total. The Kier molecular flexibility index (Phi) is 6.48.